The number of rotatable bonds is 4. The Labute approximate surface area is 108 Å². The minimum atomic E-state index is -0.584. The Hall–Kier alpha value is -1.37. The SMILES string of the molecule is CCc1ccc(C2(C#N)CC(OC)(OC)C2)cc1. The molecule has 0 aromatic heterocycles. The second-order valence-electron chi connectivity index (χ2n) is 4.92. The zero-order chi connectivity index (χ0) is 13.2. The van der Waals surface area contributed by atoms with Crippen LogP contribution >= 0.6 is 0 Å². The highest BCUT2D eigenvalue weighted by Crippen LogP contribution is 2.52. The second kappa shape index (κ2) is 4.72. The molecule has 2 rings (SSSR count). The maximum absolute atomic E-state index is 9.48. The molecule has 0 bridgehead atoms. The average Bonchev–Trinajstić information content (AvgIpc) is 2.40. The summed E-state index contributed by atoms with van der Waals surface area (Å²) < 4.78 is 10.7. The van der Waals surface area contributed by atoms with Gasteiger partial charge in [-0.15, -0.1) is 0 Å². The quantitative estimate of drug-likeness (QED) is 0.766. The van der Waals surface area contributed by atoms with Gasteiger partial charge < -0.3 is 9.47 Å². The van der Waals surface area contributed by atoms with Gasteiger partial charge in [0.2, 0.25) is 0 Å². The van der Waals surface area contributed by atoms with Crippen LogP contribution in [0.15, 0.2) is 24.3 Å². The van der Waals surface area contributed by atoms with Crippen molar-refractivity contribution in [1.29, 1.82) is 5.26 Å². The van der Waals surface area contributed by atoms with Crippen LogP contribution in [0.1, 0.15) is 30.9 Å². The van der Waals surface area contributed by atoms with Crippen LogP contribution in [0.5, 0.6) is 0 Å². The summed E-state index contributed by atoms with van der Waals surface area (Å²) in [5.74, 6) is -0.584. The summed E-state index contributed by atoms with van der Waals surface area (Å²) >= 11 is 0. The van der Waals surface area contributed by atoms with E-state index >= 15 is 0 Å². The Bertz CT molecular complexity index is 446. The molecule has 1 saturated carbocycles. The van der Waals surface area contributed by atoms with Crippen molar-refractivity contribution in [2.75, 3.05) is 14.2 Å². The lowest BCUT2D eigenvalue weighted by atomic mass is 9.61. The van der Waals surface area contributed by atoms with Gasteiger partial charge in [0.25, 0.3) is 0 Å². The van der Waals surface area contributed by atoms with Crippen molar-refractivity contribution in [3.63, 3.8) is 0 Å². The van der Waals surface area contributed by atoms with E-state index in [4.69, 9.17) is 9.47 Å². The lowest BCUT2D eigenvalue weighted by molar-refractivity contribution is -0.269. The topological polar surface area (TPSA) is 42.2 Å². The monoisotopic (exact) mass is 245 g/mol. The van der Waals surface area contributed by atoms with Crippen LogP contribution in [0.2, 0.25) is 0 Å². The van der Waals surface area contributed by atoms with E-state index in [2.05, 4.69) is 37.3 Å². The van der Waals surface area contributed by atoms with Crippen LogP contribution in [0, 0.1) is 11.3 Å². The van der Waals surface area contributed by atoms with Gasteiger partial charge in [-0.2, -0.15) is 5.26 Å². The standard InChI is InChI=1S/C15H19NO2/c1-4-12-5-7-13(8-6-12)14(11-16)9-15(10-14,17-2)18-3/h5-8H,4,9-10H2,1-3H3. The number of hydrogen-bond donors (Lipinski definition) is 0. The molecule has 0 amide bonds. The first-order chi connectivity index (χ1) is 8.63. The summed E-state index contributed by atoms with van der Waals surface area (Å²) in [4.78, 5) is 0. The third-order valence-corrected chi connectivity index (χ3v) is 4.02. The average molecular weight is 245 g/mol. The molecule has 1 aromatic carbocycles. The Kier molecular flexibility index (Phi) is 3.43. The minimum Gasteiger partial charge on any atom is -0.353 e. The normalized spacial score (nSPS) is 19.9. The third-order valence-electron chi connectivity index (χ3n) is 4.02. The van der Waals surface area contributed by atoms with Crippen LogP contribution in [0.25, 0.3) is 0 Å². The van der Waals surface area contributed by atoms with Crippen molar-refractivity contribution in [1.82, 2.24) is 0 Å². The zero-order valence-corrected chi connectivity index (χ0v) is 11.2. The highest BCUT2D eigenvalue weighted by Gasteiger charge is 2.57. The number of nitriles is 1. The molecular weight excluding hydrogens is 226 g/mol. The predicted molar refractivity (Wildman–Crippen MR) is 69.1 cm³/mol. The Morgan fingerprint density at radius 2 is 1.72 bits per heavy atom. The Balaban J connectivity index is 2.23. The maximum atomic E-state index is 9.48. The molecule has 0 saturated heterocycles. The largest absolute Gasteiger partial charge is 0.353 e. The van der Waals surface area contributed by atoms with Crippen LogP contribution in [0.3, 0.4) is 0 Å². The third kappa shape index (κ3) is 1.92. The first-order valence-electron chi connectivity index (χ1n) is 6.24. The molecular formula is C15H19NO2. The highest BCUT2D eigenvalue weighted by molar-refractivity contribution is 5.39. The van der Waals surface area contributed by atoms with Crippen molar-refractivity contribution in [2.45, 2.75) is 37.4 Å². The summed E-state index contributed by atoms with van der Waals surface area (Å²) in [5, 5.41) is 9.48. The van der Waals surface area contributed by atoms with Crippen LogP contribution < -0.4 is 0 Å². The Morgan fingerprint density at radius 1 is 1.17 bits per heavy atom. The van der Waals surface area contributed by atoms with Gasteiger partial charge in [0.05, 0.1) is 11.5 Å². The summed E-state index contributed by atoms with van der Waals surface area (Å²) in [6, 6.07) is 10.7. The van der Waals surface area contributed by atoms with Crippen LogP contribution in [0.4, 0.5) is 0 Å². The predicted octanol–water partition coefficient (Wildman–Crippen LogP) is 2.79. The summed E-state index contributed by atoms with van der Waals surface area (Å²) in [6.07, 6.45) is 2.20. The lowest BCUT2D eigenvalue weighted by Gasteiger charge is -2.50. The fourth-order valence-electron chi connectivity index (χ4n) is 2.65. The molecule has 1 aliphatic rings. The molecule has 0 unspecified atom stereocenters. The van der Waals surface area contributed by atoms with E-state index in [0.717, 1.165) is 12.0 Å². The van der Waals surface area contributed by atoms with Crippen molar-refractivity contribution in [3.05, 3.63) is 35.4 Å². The number of nitrogens with zero attached hydrogens (tertiary/aromatic N) is 1. The molecule has 3 nitrogen and oxygen atoms in total. The fraction of sp³-hybridized carbons (Fsp3) is 0.533. The van der Waals surface area contributed by atoms with Crippen molar-refractivity contribution < 1.29 is 9.47 Å². The zero-order valence-electron chi connectivity index (χ0n) is 11.2. The maximum Gasteiger partial charge on any atom is 0.171 e. The molecule has 1 aliphatic carbocycles. The molecule has 3 heteroatoms. The minimum absolute atomic E-state index is 0.460. The van der Waals surface area contributed by atoms with E-state index in [9.17, 15) is 5.26 Å². The molecule has 18 heavy (non-hydrogen) atoms. The first-order valence-corrected chi connectivity index (χ1v) is 6.24. The van der Waals surface area contributed by atoms with Gasteiger partial charge in [-0.1, -0.05) is 31.2 Å². The fourth-order valence-corrected chi connectivity index (χ4v) is 2.65. The number of ether oxygens (including phenoxy) is 2. The van der Waals surface area contributed by atoms with Gasteiger partial charge in [-0.25, -0.2) is 0 Å². The van der Waals surface area contributed by atoms with Crippen molar-refractivity contribution in [2.24, 2.45) is 0 Å². The van der Waals surface area contributed by atoms with Crippen LogP contribution in [-0.4, -0.2) is 20.0 Å². The molecule has 0 radical (unpaired) electrons. The van der Waals surface area contributed by atoms with Crippen molar-refractivity contribution >= 4 is 0 Å². The summed E-state index contributed by atoms with van der Waals surface area (Å²) in [6.45, 7) is 2.12. The van der Waals surface area contributed by atoms with E-state index in [-0.39, 0.29) is 0 Å². The van der Waals surface area contributed by atoms with Gasteiger partial charge >= 0.3 is 0 Å². The molecule has 0 atom stereocenters. The van der Waals surface area contributed by atoms with E-state index < -0.39 is 11.2 Å². The van der Waals surface area contributed by atoms with E-state index in [1.807, 2.05) is 0 Å². The van der Waals surface area contributed by atoms with E-state index in [1.54, 1.807) is 14.2 Å². The van der Waals surface area contributed by atoms with Gasteiger partial charge in [-0.05, 0) is 17.5 Å². The highest BCUT2D eigenvalue weighted by atomic mass is 16.7. The van der Waals surface area contributed by atoms with Gasteiger partial charge in [0.15, 0.2) is 5.79 Å². The number of aryl methyl sites for hydroxylation is 1. The van der Waals surface area contributed by atoms with Crippen molar-refractivity contribution in [3.8, 4) is 6.07 Å². The van der Waals surface area contributed by atoms with Gasteiger partial charge in [0, 0.05) is 27.1 Å². The van der Waals surface area contributed by atoms with Gasteiger partial charge in [0.1, 0.15) is 0 Å². The molecule has 0 spiro atoms. The first kappa shape index (κ1) is 13.1. The second-order valence-corrected chi connectivity index (χ2v) is 4.92. The molecule has 0 heterocycles. The van der Waals surface area contributed by atoms with Crippen LogP contribution in [-0.2, 0) is 21.3 Å². The summed E-state index contributed by atoms with van der Waals surface area (Å²) in [5.41, 5.74) is 1.89. The smallest absolute Gasteiger partial charge is 0.171 e. The molecule has 1 aromatic rings. The van der Waals surface area contributed by atoms with E-state index in [1.165, 1.54) is 5.56 Å². The molecule has 96 valence electrons. The number of benzene rings is 1. The van der Waals surface area contributed by atoms with Gasteiger partial charge in [-0.3, -0.25) is 0 Å². The summed E-state index contributed by atoms with van der Waals surface area (Å²) in [7, 11) is 3.26. The number of hydrogen-bond acceptors (Lipinski definition) is 3. The molecule has 0 aliphatic heterocycles. The lowest BCUT2D eigenvalue weighted by Crippen LogP contribution is -2.56. The Morgan fingerprint density at radius 3 is 2.11 bits per heavy atom. The van der Waals surface area contributed by atoms with E-state index in [0.29, 0.717) is 12.8 Å². The molecule has 1 fully saturated rings. The molecule has 0 N–H and O–H groups in total. The number of methoxy groups -OCH3 is 2.